The standard InChI is InChI=1S/C18H23ClN4O/c1-3-12(2)20-17(24)11-23-9-8-16-15(10-23)18(22-21-16)13-4-6-14(19)7-5-13/h4-7,12H,3,8-11H2,1-2H3,(H,20,24)(H,21,22)/t12-/m0/s1. The first-order chi connectivity index (χ1) is 11.6. The van der Waals surface area contributed by atoms with Crippen LogP contribution in [0.2, 0.25) is 5.02 Å². The lowest BCUT2D eigenvalue weighted by atomic mass is 10.0. The molecule has 5 nitrogen and oxygen atoms in total. The van der Waals surface area contributed by atoms with Crippen LogP contribution in [0.15, 0.2) is 24.3 Å². The molecule has 0 aliphatic carbocycles. The lowest BCUT2D eigenvalue weighted by molar-refractivity contribution is -0.123. The van der Waals surface area contributed by atoms with E-state index < -0.39 is 0 Å². The van der Waals surface area contributed by atoms with Crippen molar-refractivity contribution in [3.8, 4) is 11.3 Å². The van der Waals surface area contributed by atoms with Crippen LogP contribution in [-0.4, -0.2) is 40.1 Å². The number of halogens is 1. The lowest BCUT2D eigenvalue weighted by Gasteiger charge is -2.27. The third-order valence-electron chi connectivity index (χ3n) is 4.52. The summed E-state index contributed by atoms with van der Waals surface area (Å²) in [5.41, 5.74) is 4.34. The molecular weight excluding hydrogens is 324 g/mol. The monoisotopic (exact) mass is 346 g/mol. The van der Waals surface area contributed by atoms with E-state index in [4.69, 9.17) is 11.6 Å². The number of nitrogens with zero attached hydrogens (tertiary/aromatic N) is 2. The molecule has 0 radical (unpaired) electrons. The maximum absolute atomic E-state index is 12.1. The Morgan fingerprint density at radius 3 is 2.88 bits per heavy atom. The molecule has 0 bridgehead atoms. The summed E-state index contributed by atoms with van der Waals surface area (Å²) < 4.78 is 0. The van der Waals surface area contributed by atoms with Gasteiger partial charge in [0.15, 0.2) is 0 Å². The summed E-state index contributed by atoms with van der Waals surface area (Å²) in [6.07, 6.45) is 1.82. The van der Waals surface area contributed by atoms with Crippen LogP contribution in [0.1, 0.15) is 31.5 Å². The zero-order valence-corrected chi connectivity index (χ0v) is 14.9. The van der Waals surface area contributed by atoms with E-state index in [0.717, 1.165) is 37.2 Å². The molecule has 0 saturated heterocycles. The highest BCUT2D eigenvalue weighted by Gasteiger charge is 2.24. The summed E-state index contributed by atoms with van der Waals surface area (Å²) in [6, 6.07) is 7.92. The first-order valence-electron chi connectivity index (χ1n) is 8.40. The van der Waals surface area contributed by atoms with Crippen LogP contribution < -0.4 is 5.32 Å². The normalized spacial score (nSPS) is 15.8. The van der Waals surface area contributed by atoms with Gasteiger partial charge in [0, 0.05) is 47.4 Å². The van der Waals surface area contributed by atoms with Crippen molar-refractivity contribution in [1.29, 1.82) is 0 Å². The smallest absolute Gasteiger partial charge is 0.234 e. The molecule has 2 heterocycles. The fourth-order valence-electron chi connectivity index (χ4n) is 2.96. The fourth-order valence-corrected chi connectivity index (χ4v) is 3.08. The summed E-state index contributed by atoms with van der Waals surface area (Å²) >= 11 is 5.97. The number of carbonyl (C=O) groups excluding carboxylic acids is 1. The first-order valence-corrected chi connectivity index (χ1v) is 8.78. The second kappa shape index (κ2) is 7.36. The van der Waals surface area contributed by atoms with Gasteiger partial charge in [-0.2, -0.15) is 5.10 Å². The van der Waals surface area contributed by atoms with Crippen molar-refractivity contribution >= 4 is 17.5 Å². The molecule has 1 aromatic carbocycles. The minimum absolute atomic E-state index is 0.0873. The van der Waals surface area contributed by atoms with E-state index in [-0.39, 0.29) is 11.9 Å². The van der Waals surface area contributed by atoms with Gasteiger partial charge in [-0.05, 0) is 25.5 Å². The fraction of sp³-hybridized carbons (Fsp3) is 0.444. The SMILES string of the molecule is CC[C@H](C)NC(=O)CN1CCc2[nH]nc(-c3ccc(Cl)cc3)c2C1. The van der Waals surface area contributed by atoms with Gasteiger partial charge in [-0.3, -0.25) is 14.8 Å². The van der Waals surface area contributed by atoms with E-state index in [1.165, 1.54) is 11.3 Å². The van der Waals surface area contributed by atoms with E-state index in [1.54, 1.807) is 0 Å². The number of aromatic amines is 1. The van der Waals surface area contributed by atoms with Crippen LogP contribution >= 0.6 is 11.6 Å². The van der Waals surface area contributed by atoms with Gasteiger partial charge in [-0.15, -0.1) is 0 Å². The number of fused-ring (bicyclic) bond motifs is 1. The summed E-state index contributed by atoms with van der Waals surface area (Å²) in [4.78, 5) is 14.3. The summed E-state index contributed by atoms with van der Waals surface area (Å²) in [7, 11) is 0. The van der Waals surface area contributed by atoms with Gasteiger partial charge in [-0.1, -0.05) is 30.7 Å². The molecule has 3 rings (SSSR count). The average molecular weight is 347 g/mol. The van der Waals surface area contributed by atoms with Gasteiger partial charge >= 0.3 is 0 Å². The Labute approximate surface area is 147 Å². The largest absolute Gasteiger partial charge is 0.353 e. The summed E-state index contributed by atoms with van der Waals surface area (Å²) in [6.45, 7) is 6.12. The topological polar surface area (TPSA) is 61.0 Å². The van der Waals surface area contributed by atoms with Crippen LogP contribution in [0, 0.1) is 0 Å². The molecular formula is C18H23ClN4O. The molecule has 0 unspecified atom stereocenters. The lowest BCUT2D eigenvalue weighted by Crippen LogP contribution is -2.42. The van der Waals surface area contributed by atoms with Crippen LogP contribution in [0.5, 0.6) is 0 Å². The zero-order chi connectivity index (χ0) is 17.1. The van der Waals surface area contributed by atoms with E-state index in [2.05, 4.69) is 27.3 Å². The molecule has 24 heavy (non-hydrogen) atoms. The predicted octanol–water partition coefficient (Wildman–Crippen LogP) is 3.00. The molecule has 1 aliphatic rings. The molecule has 0 saturated carbocycles. The number of nitrogens with one attached hydrogen (secondary N) is 2. The van der Waals surface area contributed by atoms with E-state index >= 15 is 0 Å². The summed E-state index contributed by atoms with van der Waals surface area (Å²) in [5.74, 6) is 0.0873. The number of hydrogen-bond acceptors (Lipinski definition) is 3. The highest BCUT2D eigenvalue weighted by Crippen LogP contribution is 2.29. The maximum Gasteiger partial charge on any atom is 0.234 e. The molecule has 0 fully saturated rings. The maximum atomic E-state index is 12.1. The second-order valence-corrected chi connectivity index (χ2v) is 6.81. The van der Waals surface area contributed by atoms with Crippen molar-refractivity contribution in [1.82, 2.24) is 20.4 Å². The first kappa shape index (κ1) is 17.0. The minimum Gasteiger partial charge on any atom is -0.353 e. The molecule has 1 atom stereocenters. The summed E-state index contributed by atoms with van der Waals surface area (Å²) in [5, 5.41) is 11.4. The van der Waals surface area contributed by atoms with Crippen molar-refractivity contribution in [2.45, 2.75) is 39.3 Å². The highest BCUT2D eigenvalue weighted by atomic mass is 35.5. The highest BCUT2D eigenvalue weighted by molar-refractivity contribution is 6.30. The number of amides is 1. The van der Waals surface area contributed by atoms with Crippen LogP contribution in [0.3, 0.4) is 0 Å². The van der Waals surface area contributed by atoms with Crippen molar-refractivity contribution in [3.63, 3.8) is 0 Å². The third kappa shape index (κ3) is 3.79. The Balaban J connectivity index is 1.72. The minimum atomic E-state index is 0.0873. The average Bonchev–Trinajstić information content (AvgIpc) is 2.98. The Kier molecular flexibility index (Phi) is 5.21. The van der Waals surface area contributed by atoms with Crippen LogP contribution in [-0.2, 0) is 17.8 Å². The molecule has 128 valence electrons. The van der Waals surface area contributed by atoms with Crippen LogP contribution in [0.4, 0.5) is 0 Å². The number of rotatable bonds is 5. The van der Waals surface area contributed by atoms with Crippen molar-refractivity contribution in [2.75, 3.05) is 13.1 Å². The number of carbonyl (C=O) groups is 1. The van der Waals surface area contributed by atoms with Gasteiger partial charge in [0.05, 0.1) is 12.2 Å². The molecule has 2 aromatic rings. The van der Waals surface area contributed by atoms with Gasteiger partial charge in [-0.25, -0.2) is 0 Å². The van der Waals surface area contributed by atoms with E-state index in [0.29, 0.717) is 11.6 Å². The Hall–Kier alpha value is -1.85. The van der Waals surface area contributed by atoms with Crippen LogP contribution in [0.25, 0.3) is 11.3 Å². The molecule has 0 spiro atoms. The van der Waals surface area contributed by atoms with Gasteiger partial charge in [0.1, 0.15) is 0 Å². The molecule has 2 N–H and O–H groups in total. The molecule has 1 amide bonds. The Bertz CT molecular complexity index is 710. The van der Waals surface area contributed by atoms with Crippen molar-refractivity contribution < 1.29 is 4.79 Å². The molecule has 6 heteroatoms. The number of hydrogen-bond donors (Lipinski definition) is 2. The van der Waals surface area contributed by atoms with E-state index in [1.807, 2.05) is 31.2 Å². The molecule has 1 aliphatic heterocycles. The number of H-pyrrole nitrogens is 1. The molecule has 1 aromatic heterocycles. The van der Waals surface area contributed by atoms with Gasteiger partial charge < -0.3 is 5.32 Å². The number of aromatic nitrogens is 2. The van der Waals surface area contributed by atoms with E-state index in [9.17, 15) is 4.79 Å². The predicted molar refractivity (Wildman–Crippen MR) is 95.9 cm³/mol. The van der Waals surface area contributed by atoms with Crippen molar-refractivity contribution in [3.05, 3.63) is 40.5 Å². The van der Waals surface area contributed by atoms with Gasteiger partial charge in [0.2, 0.25) is 5.91 Å². The quantitative estimate of drug-likeness (QED) is 0.874. The van der Waals surface area contributed by atoms with Crippen molar-refractivity contribution in [2.24, 2.45) is 0 Å². The third-order valence-corrected chi connectivity index (χ3v) is 4.77. The zero-order valence-electron chi connectivity index (χ0n) is 14.1. The number of benzene rings is 1. The van der Waals surface area contributed by atoms with Gasteiger partial charge in [0.25, 0.3) is 0 Å². The second-order valence-electron chi connectivity index (χ2n) is 6.37. The Morgan fingerprint density at radius 1 is 1.42 bits per heavy atom. The Morgan fingerprint density at radius 2 is 2.17 bits per heavy atom.